The van der Waals surface area contributed by atoms with E-state index in [1.54, 1.807) is 6.20 Å². The van der Waals surface area contributed by atoms with Crippen LogP contribution in [-0.4, -0.2) is 15.0 Å². The number of imidazole rings is 1. The number of hydrogen-bond acceptors (Lipinski definition) is 2. The normalized spacial score (nSPS) is 10.8. The van der Waals surface area contributed by atoms with Gasteiger partial charge in [0, 0.05) is 12.6 Å². The van der Waals surface area contributed by atoms with Crippen molar-refractivity contribution in [3.8, 4) is 0 Å². The number of H-pyrrole nitrogens is 1. The number of hydrogen-bond donors (Lipinski definition) is 1. The van der Waals surface area contributed by atoms with Crippen molar-refractivity contribution in [3.63, 3.8) is 0 Å². The van der Waals surface area contributed by atoms with E-state index in [-0.39, 0.29) is 0 Å². The molecular weight excluding hydrogens is 210 g/mol. The smallest absolute Gasteiger partial charge is 0.177 e. The van der Waals surface area contributed by atoms with Gasteiger partial charge in [0.25, 0.3) is 0 Å². The van der Waals surface area contributed by atoms with Gasteiger partial charge in [-0.2, -0.15) is 0 Å². The topological polar surface area (TPSA) is 41.6 Å². The number of aromatic amines is 1. The maximum Gasteiger partial charge on any atom is 0.177 e. The Morgan fingerprint density at radius 3 is 2.65 bits per heavy atom. The first-order valence-corrected chi connectivity index (χ1v) is 5.75. The van der Waals surface area contributed by atoms with Crippen LogP contribution in [0.5, 0.6) is 0 Å². The number of benzene rings is 1. The minimum Gasteiger partial charge on any atom is -0.341 e. The van der Waals surface area contributed by atoms with Crippen molar-refractivity contribution in [2.45, 2.75) is 12.8 Å². The van der Waals surface area contributed by atoms with Crippen LogP contribution in [0.1, 0.15) is 11.4 Å². The summed E-state index contributed by atoms with van der Waals surface area (Å²) < 4.78 is 0. The first-order valence-electron chi connectivity index (χ1n) is 5.75. The Morgan fingerprint density at radius 1 is 0.941 bits per heavy atom. The highest BCUT2D eigenvalue weighted by Crippen LogP contribution is 2.10. The van der Waals surface area contributed by atoms with Gasteiger partial charge in [0.05, 0.1) is 5.52 Å². The van der Waals surface area contributed by atoms with E-state index in [9.17, 15) is 0 Å². The highest BCUT2D eigenvalue weighted by atomic mass is 15.0. The van der Waals surface area contributed by atoms with E-state index in [1.165, 1.54) is 5.56 Å². The predicted molar refractivity (Wildman–Crippen MR) is 67.7 cm³/mol. The first kappa shape index (κ1) is 10.0. The molecule has 3 rings (SSSR count). The average Bonchev–Trinajstić information content (AvgIpc) is 2.80. The molecular formula is C14H13N3. The van der Waals surface area contributed by atoms with Gasteiger partial charge in [0.1, 0.15) is 5.82 Å². The average molecular weight is 223 g/mol. The summed E-state index contributed by atoms with van der Waals surface area (Å²) in [4.78, 5) is 12.0. The van der Waals surface area contributed by atoms with Crippen LogP contribution in [0.15, 0.2) is 48.7 Å². The van der Waals surface area contributed by atoms with Crippen molar-refractivity contribution >= 4 is 11.2 Å². The molecule has 84 valence electrons. The fourth-order valence-electron chi connectivity index (χ4n) is 1.92. The van der Waals surface area contributed by atoms with Gasteiger partial charge in [0.2, 0.25) is 0 Å². The van der Waals surface area contributed by atoms with Gasteiger partial charge in [-0.15, -0.1) is 0 Å². The molecule has 0 aliphatic heterocycles. The van der Waals surface area contributed by atoms with Crippen LogP contribution in [0.2, 0.25) is 0 Å². The number of pyridine rings is 1. The summed E-state index contributed by atoms with van der Waals surface area (Å²) in [6.45, 7) is 0. The molecule has 0 saturated carbocycles. The Balaban J connectivity index is 1.77. The molecule has 0 bridgehead atoms. The Bertz CT molecular complexity index is 580. The van der Waals surface area contributed by atoms with Crippen LogP contribution < -0.4 is 0 Å². The summed E-state index contributed by atoms with van der Waals surface area (Å²) in [7, 11) is 0. The molecule has 0 aliphatic rings. The third-order valence-corrected chi connectivity index (χ3v) is 2.80. The van der Waals surface area contributed by atoms with E-state index in [0.29, 0.717) is 0 Å². The maximum absolute atomic E-state index is 4.46. The zero-order valence-corrected chi connectivity index (χ0v) is 9.43. The highest BCUT2D eigenvalue weighted by Gasteiger charge is 2.02. The lowest BCUT2D eigenvalue weighted by atomic mass is 10.1. The Kier molecular flexibility index (Phi) is 2.58. The van der Waals surface area contributed by atoms with E-state index in [4.69, 9.17) is 0 Å². The molecule has 0 aliphatic carbocycles. The van der Waals surface area contributed by atoms with Crippen molar-refractivity contribution in [2.24, 2.45) is 0 Å². The van der Waals surface area contributed by atoms with Crippen LogP contribution in [-0.2, 0) is 12.8 Å². The second-order valence-electron chi connectivity index (χ2n) is 4.04. The molecule has 0 amide bonds. The second-order valence-corrected chi connectivity index (χ2v) is 4.04. The zero-order valence-electron chi connectivity index (χ0n) is 9.43. The zero-order chi connectivity index (χ0) is 11.5. The van der Waals surface area contributed by atoms with Gasteiger partial charge in [-0.05, 0) is 24.1 Å². The quantitative estimate of drug-likeness (QED) is 0.741. The third kappa shape index (κ3) is 2.18. The Hall–Kier alpha value is -2.16. The van der Waals surface area contributed by atoms with Crippen molar-refractivity contribution in [1.29, 1.82) is 0 Å². The summed E-state index contributed by atoms with van der Waals surface area (Å²) in [6.07, 6.45) is 3.69. The van der Waals surface area contributed by atoms with Crippen LogP contribution in [0.3, 0.4) is 0 Å². The van der Waals surface area contributed by atoms with Gasteiger partial charge in [-0.1, -0.05) is 30.3 Å². The summed E-state index contributed by atoms with van der Waals surface area (Å²) in [5, 5.41) is 0. The molecule has 3 nitrogen and oxygen atoms in total. The molecule has 0 unspecified atom stereocenters. The molecule has 3 heteroatoms. The van der Waals surface area contributed by atoms with Gasteiger partial charge >= 0.3 is 0 Å². The number of fused-ring (bicyclic) bond motifs is 1. The summed E-state index contributed by atoms with van der Waals surface area (Å²) in [5.74, 6) is 1.00. The van der Waals surface area contributed by atoms with Crippen LogP contribution in [0.4, 0.5) is 0 Å². The lowest BCUT2D eigenvalue weighted by Crippen LogP contribution is -1.92. The standard InChI is InChI=1S/C14H13N3/c1-2-5-11(6-3-1)8-9-13-16-12-7-4-10-15-14(12)17-13/h1-7,10H,8-9H2,(H,15,16,17). The minimum atomic E-state index is 0.801. The minimum absolute atomic E-state index is 0.801. The fraction of sp³-hybridized carbons (Fsp3) is 0.143. The van der Waals surface area contributed by atoms with Crippen LogP contribution in [0.25, 0.3) is 11.2 Å². The summed E-state index contributed by atoms with van der Waals surface area (Å²) in [6, 6.07) is 14.4. The van der Waals surface area contributed by atoms with Gasteiger partial charge in [-0.25, -0.2) is 9.97 Å². The molecule has 3 aromatic rings. The monoisotopic (exact) mass is 223 g/mol. The van der Waals surface area contributed by atoms with Crippen molar-refractivity contribution < 1.29 is 0 Å². The Morgan fingerprint density at radius 2 is 1.82 bits per heavy atom. The lowest BCUT2D eigenvalue weighted by Gasteiger charge is -1.97. The summed E-state index contributed by atoms with van der Waals surface area (Å²) in [5.41, 5.74) is 3.15. The van der Waals surface area contributed by atoms with Crippen molar-refractivity contribution in [2.75, 3.05) is 0 Å². The maximum atomic E-state index is 4.46. The summed E-state index contributed by atoms with van der Waals surface area (Å²) >= 11 is 0. The van der Waals surface area contributed by atoms with Gasteiger partial charge in [0.15, 0.2) is 5.65 Å². The van der Waals surface area contributed by atoms with Crippen LogP contribution >= 0.6 is 0 Å². The number of aryl methyl sites for hydroxylation is 2. The largest absolute Gasteiger partial charge is 0.341 e. The van der Waals surface area contributed by atoms with E-state index in [0.717, 1.165) is 29.8 Å². The third-order valence-electron chi connectivity index (χ3n) is 2.80. The van der Waals surface area contributed by atoms with E-state index >= 15 is 0 Å². The van der Waals surface area contributed by atoms with Crippen LogP contribution in [0, 0.1) is 0 Å². The molecule has 0 saturated heterocycles. The highest BCUT2D eigenvalue weighted by molar-refractivity contribution is 5.69. The number of nitrogens with zero attached hydrogens (tertiary/aromatic N) is 2. The number of aromatic nitrogens is 3. The first-order chi connectivity index (χ1) is 8.42. The molecule has 2 aromatic heterocycles. The second kappa shape index (κ2) is 4.37. The van der Waals surface area contributed by atoms with Crippen molar-refractivity contribution in [1.82, 2.24) is 15.0 Å². The van der Waals surface area contributed by atoms with E-state index in [2.05, 4.69) is 39.2 Å². The fourth-order valence-corrected chi connectivity index (χ4v) is 1.92. The van der Waals surface area contributed by atoms with E-state index < -0.39 is 0 Å². The number of rotatable bonds is 3. The number of nitrogens with one attached hydrogen (secondary N) is 1. The SMILES string of the molecule is c1ccc(CCc2nc3ncccc3[nH]2)cc1. The molecule has 0 fully saturated rings. The van der Waals surface area contributed by atoms with E-state index in [1.807, 2.05) is 18.2 Å². The predicted octanol–water partition coefficient (Wildman–Crippen LogP) is 2.74. The van der Waals surface area contributed by atoms with Crippen molar-refractivity contribution in [3.05, 3.63) is 60.0 Å². The molecule has 2 heterocycles. The van der Waals surface area contributed by atoms with Gasteiger partial charge < -0.3 is 4.98 Å². The molecule has 0 atom stereocenters. The Labute approximate surface area is 99.5 Å². The molecule has 0 spiro atoms. The lowest BCUT2D eigenvalue weighted by molar-refractivity contribution is 0.889. The molecule has 1 N–H and O–H groups in total. The molecule has 0 radical (unpaired) electrons. The molecule has 17 heavy (non-hydrogen) atoms. The molecule has 1 aromatic carbocycles. The van der Waals surface area contributed by atoms with Gasteiger partial charge in [-0.3, -0.25) is 0 Å².